The van der Waals surface area contributed by atoms with Gasteiger partial charge >= 0.3 is 0 Å². The third kappa shape index (κ3) is 2.18. The quantitative estimate of drug-likeness (QED) is 0.714. The molecule has 0 atom stereocenters. The highest BCUT2D eigenvalue weighted by atomic mass is 35.5. The third-order valence-corrected chi connectivity index (χ3v) is 3.06. The summed E-state index contributed by atoms with van der Waals surface area (Å²) in [4.78, 5) is 6.47. The lowest BCUT2D eigenvalue weighted by Crippen LogP contribution is -2.29. The summed E-state index contributed by atoms with van der Waals surface area (Å²) in [6.07, 6.45) is 4.12. The van der Waals surface area contributed by atoms with Gasteiger partial charge in [0.25, 0.3) is 0 Å². The van der Waals surface area contributed by atoms with E-state index in [0.717, 1.165) is 18.3 Å². The minimum Gasteiger partial charge on any atom is -0.359 e. The van der Waals surface area contributed by atoms with E-state index in [1.54, 1.807) is 0 Å². The Labute approximate surface area is 89.9 Å². The van der Waals surface area contributed by atoms with Crippen LogP contribution in [0.4, 0.5) is 5.82 Å². The van der Waals surface area contributed by atoms with Crippen molar-refractivity contribution >= 4 is 17.4 Å². The molecule has 0 spiro atoms. The molecule has 3 heteroatoms. The summed E-state index contributed by atoms with van der Waals surface area (Å²) in [5.74, 6) is 1.84. The normalized spacial score (nSPS) is 16.4. The molecular weight excluding hydrogens is 196 g/mol. The van der Waals surface area contributed by atoms with Gasteiger partial charge < -0.3 is 4.90 Å². The van der Waals surface area contributed by atoms with Crippen molar-refractivity contribution in [1.82, 2.24) is 4.98 Å². The van der Waals surface area contributed by atoms with Gasteiger partial charge in [-0.1, -0.05) is 24.1 Å². The van der Waals surface area contributed by atoms with E-state index in [-0.39, 0.29) is 0 Å². The molecule has 0 radical (unpaired) electrons. The topological polar surface area (TPSA) is 16.1 Å². The Balaban J connectivity index is 1.98. The lowest BCUT2D eigenvalue weighted by molar-refractivity contribution is 0.321. The van der Waals surface area contributed by atoms with E-state index in [2.05, 4.69) is 16.9 Å². The summed E-state index contributed by atoms with van der Waals surface area (Å²) in [7, 11) is 2.08. The summed E-state index contributed by atoms with van der Waals surface area (Å²) in [6.45, 7) is 1.10. The molecule has 0 aliphatic heterocycles. The molecule has 14 heavy (non-hydrogen) atoms. The molecule has 0 amide bonds. The highest BCUT2D eigenvalue weighted by Gasteiger charge is 2.19. The summed E-state index contributed by atoms with van der Waals surface area (Å²) in [6, 6.07) is 5.76. The lowest BCUT2D eigenvalue weighted by Gasteiger charge is -2.30. The SMILES string of the molecule is CN(CC1CCC1)c1cccc(Cl)n1. The van der Waals surface area contributed by atoms with E-state index in [1.807, 2.05) is 18.2 Å². The first-order valence-corrected chi connectivity index (χ1v) is 5.47. The molecular formula is C11H15ClN2. The molecule has 2 nitrogen and oxygen atoms in total. The van der Waals surface area contributed by atoms with Crippen LogP contribution in [0.2, 0.25) is 5.15 Å². The molecule has 2 rings (SSSR count). The van der Waals surface area contributed by atoms with Crippen LogP contribution < -0.4 is 4.90 Å². The van der Waals surface area contributed by atoms with E-state index in [9.17, 15) is 0 Å². The van der Waals surface area contributed by atoms with Gasteiger partial charge in [0.1, 0.15) is 11.0 Å². The van der Waals surface area contributed by atoms with E-state index in [4.69, 9.17) is 11.6 Å². The zero-order chi connectivity index (χ0) is 9.97. The first-order valence-electron chi connectivity index (χ1n) is 5.09. The molecule has 1 saturated carbocycles. The fraction of sp³-hybridized carbons (Fsp3) is 0.545. The van der Waals surface area contributed by atoms with Crippen LogP contribution in [0.3, 0.4) is 0 Å². The molecule has 1 aliphatic carbocycles. The van der Waals surface area contributed by atoms with Crippen molar-refractivity contribution in [3.8, 4) is 0 Å². The smallest absolute Gasteiger partial charge is 0.131 e. The highest BCUT2D eigenvalue weighted by Crippen LogP contribution is 2.28. The Bertz CT molecular complexity index is 310. The van der Waals surface area contributed by atoms with Crippen LogP contribution in [0.25, 0.3) is 0 Å². The number of hydrogen-bond donors (Lipinski definition) is 0. The van der Waals surface area contributed by atoms with Crippen LogP contribution in [-0.2, 0) is 0 Å². The zero-order valence-electron chi connectivity index (χ0n) is 8.41. The second-order valence-electron chi connectivity index (χ2n) is 4.00. The van der Waals surface area contributed by atoms with Crippen LogP contribution in [0.1, 0.15) is 19.3 Å². The molecule has 0 saturated heterocycles. The Morgan fingerprint density at radius 1 is 1.50 bits per heavy atom. The summed E-state index contributed by atoms with van der Waals surface area (Å²) in [5.41, 5.74) is 0. The Morgan fingerprint density at radius 2 is 2.29 bits per heavy atom. The predicted octanol–water partition coefficient (Wildman–Crippen LogP) is 2.97. The maximum Gasteiger partial charge on any atom is 0.131 e. The molecule has 76 valence electrons. The van der Waals surface area contributed by atoms with Crippen molar-refractivity contribution in [2.45, 2.75) is 19.3 Å². The summed E-state index contributed by atoms with van der Waals surface area (Å²) < 4.78 is 0. The van der Waals surface area contributed by atoms with Crippen LogP contribution in [0.15, 0.2) is 18.2 Å². The lowest BCUT2D eigenvalue weighted by atomic mass is 9.85. The second-order valence-corrected chi connectivity index (χ2v) is 4.38. The number of aromatic nitrogens is 1. The van der Waals surface area contributed by atoms with Gasteiger partial charge in [-0.25, -0.2) is 4.98 Å². The number of anilines is 1. The van der Waals surface area contributed by atoms with Crippen molar-refractivity contribution in [1.29, 1.82) is 0 Å². The molecule has 1 fully saturated rings. The van der Waals surface area contributed by atoms with Crippen molar-refractivity contribution in [2.75, 3.05) is 18.5 Å². The molecule has 0 aromatic carbocycles. The van der Waals surface area contributed by atoms with Gasteiger partial charge in [0.15, 0.2) is 0 Å². The first kappa shape index (κ1) is 9.78. The van der Waals surface area contributed by atoms with Crippen LogP contribution >= 0.6 is 11.6 Å². The van der Waals surface area contributed by atoms with Gasteiger partial charge in [0.2, 0.25) is 0 Å². The Morgan fingerprint density at radius 3 is 2.86 bits per heavy atom. The summed E-state index contributed by atoms with van der Waals surface area (Å²) >= 11 is 5.84. The van der Waals surface area contributed by atoms with Gasteiger partial charge in [0, 0.05) is 13.6 Å². The molecule has 1 aliphatic rings. The maximum absolute atomic E-state index is 5.84. The fourth-order valence-electron chi connectivity index (χ4n) is 1.77. The molecule has 1 heterocycles. The van der Waals surface area contributed by atoms with Crippen LogP contribution in [0, 0.1) is 5.92 Å². The Hall–Kier alpha value is -0.760. The molecule has 0 bridgehead atoms. The predicted molar refractivity (Wildman–Crippen MR) is 59.9 cm³/mol. The largest absolute Gasteiger partial charge is 0.359 e. The number of halogens is 1. The average molecular weight is 211 g/mol. The van der Waals surface area contributed by atoms with Gasteiger partial charge in [-0.3, -0.25) is 0 Å². The number of rotatable bonds is 3. The van der Waals surface area contributed by atoms with E-state index >= 15 is 0 Å². The summed E-state index contributed by atoms with van der Waals surface area (Å²) in [5, 5.41) is 0.572. The zero-order valence-corrected chi connectivity index (χ0v) is 9.17. The van der Waals surface area contributed by atoms with Crippen molar-refractivity contribution in [3.63, 3.8) is 0 Å². The van der Waals surface area contributed by atoms with Crippen LogP contribution in [-0.4, -0.2) is 18.6 Å². The highest BCUT2D eigenvalue weighted by molar-refractivity contribution is 6.29. The standard InChI is InChI=1S/C11H15ClN2/c1-14(8-9-4-2-5-9)11-7-3-6-10(12)13-11/h3,6-7,9H,2,4-5,8H2,1H3. The minimum atomic E-state index is 0.572. The fourth-order valence-corrected chi connectivity index (χ4v) is 1.93. The van der Waals surface area contributed by atoms with E-state index in [0.29, 0.717) is 5.15 Å². The van der Waals surface area contributed by atoms with Crippen molar-refractivity contribution in [2.24, 2.45) is 5.92 Å². The monoisotopic (exact) mass is 210 g/mol. The van der Waals surface area contributed by atoms with Gasteiger partial charge in [-0.05, 0) is 30.9 Å². The minimum absolute atomic E-state index is 0.572. The molecule has 0 unspecified atom stereocenters. The van der Waals surface area contributed by atoms with E-state index in [1.165, 1.54) is 19.3 Å². The molecule has 1 aromatic heterocycles. The Kier molecular flexibility index (Phi) is 2.92. The molecule has 0 N–H and O–H groups in total. The number of nitrogens with zero attached hydrogens (tertiary/aromatic N) is 2. The van der Waals surface area contributed by atoms with Gasteiger partial charge in [-0.2, -0.15) is 0 Å². The first-order chi connectivity index (χ1) is 6.75. The maximum atomic E-state index is 5.84. The number of hydrogen-bond acceptors (Lipinski definition) is 2. The van der Waals surface area contributed by atoms with Crippen molar-refractivity contribution in [3.05, 3.63) is 23.4 Å². The van der Waals surface area contributed by atoms with Crippen molar-refractivity contribution < 1.29 is 0 Å². The third-order valence-electron chi connectivity index (χ3n) is 2.85. The number of pyridine rings is 1. The van der Waals surface area contributed by atoms with E-state index < -0.39 is 0 Å². The van der Waals surface area contributed by atoms with Crippen LogP contribution in [0.5, 0.6) is 0 Å². The van der Waals surface area contributed by atoms with Gasteiger partial charge in [-0.15, -0.1) is 0 Å². The second kappa shape index (κ2) is 4.18. The molecule has 1 aromatic rings. The van der Waals surface area contributed by atoms with Gasteiger partial charge in [0.05, 0.1) is 0 Å². The average Bonchev–Trinajstić information content (AvgIpc) is 2.11.